The molecular formula is C8H8F2O3. The summed E-state index contributed by atoms with van der Waals surface area (Å²) in [4.78, 5) is 21.1. The molecule has 0 heterocycles. The van der Waals surface area contributed by atoms with Crippen LogP contribution in [-0.4, -0.2) is 18.6 Å². The van der Waals surface area contributed by atoms with Gasteiger partial charge in [0.25, 0.3) is 0 Å². The Morgan fingerprint density at radius 3 is 2.54 bits per heavy atom. The van der Waals surface area contributed by atoms with Crippen molar-refractivity contribution in [2.45, 2.75) is 6.42 Å². The highest BCUT2D eigenvalue weighted by Crippen LogP contribution is 1.91. The van der Waals surface area contributed by atoms with Crippen molar-refractivity contribution in [3.63, 3.8) is 0 Å². The summed E-state index contributed by atoms with van der Waals surface area (Å²) in [6.07, 6.45) is 2.43. The SMILES string of the molecule is O=C(C=CCF)OC(=O)CC=CF. The number of carbonyl (C=O) groups is 2. The molecule has 0 radical (unpaired) electrons. The van der Waals surface area contributed by atoms with E-state index in [1.165, 1.54) is 0 Å². The van der Waals surface area contributed by atoms with Gasteiger partial charge in [0, 0.05) is 6.08 Å². The van der Waals surface area contributed by atoms with Gasteiger partial charge in [-0.15, -0.1) is 0 Å². The van der Waals surface area contributed by atoms with Gasteiger partial charge in [0.05, 0.1) is 12.8 Å². The van der Waals surface area contributed by atoms with Crippen LogP contribution in [0.2, 0.25) is 0 Å². The van der Waals surface area contributed by atoms with Gasteiger partial charge in [0.2, 0.25) is 0 Å². The molecule has 0 aliphatic rings. The van der Waals surface area contributed by atoms with Crippen LogP contribution in [0, 0.1) is 0 Å². The van der Waals surface area contributed by atoms with E-state index in [1.54, 1.807) is 0 Å². The molecule has 72 valence electrons. The fourth-order valence-electron chi connectivity index (χ4n) is 0.469. The lowest BCUT2D eigenvalue weighted by Gasteiger charge is -1.94. The van der Waals surface area contributed by atoms with Gasteiger partial charge in [-0.2, -0.15) is 0 Å². The number of hydrogen-bond acceptors (Lipinski definition) is 3. The first-order valence-corrected chi connectivity index (χ1v) is 3.43. The minimum atomic E-state index is -0.963. The minimum absolute atomic E-state index is 0.170. The monoisotopic (exact) mass is 190 g/mol. The molecular weight excluding hydrogens is 182 g/mol. The fourth-order valence-corrected chi connectivity index (χ4v) is 0.469. The standard InChI is InChI=1S/C8H8F2O3/c9-5-1-3-7(11)13-8(12)4-2-6-10/h1-3,6H,4-5H2. The van der Waals surface area contributed by atoms with Crippen molar-refractivity contribution in [2.24, 2.45) is 0 Å². The Balaban J connectivity index is 3.78. The van der Waals surface area contributed by atoms with E-state index in [4.69, 9.17) is 0 Å². The predicted octanol–water partition coefficient (Wildman–Crippen LogP) is 1.46. The normalized spacial score (nSPS) is 10.9. The Hall–Kier alpha value is -1.52. The zero-order valence-electron chi connectivity index (χ0n) is 6.70. The number of halogens is 2. The van der Waals surface area contributed by atoms with Gasteiger partial charge in [-0.3, -0.25) is 4.79 Å². The molecule has 0 fully saturated rings. The van der Waals surface area contributed by atoms with Crippen LogP contribution < -0.4 is 0 Å². The molecule has 0 aliphatic heterocycles. The van der Waals surface area contributed by atoms with Crippen LogP contribution in [0.25, 0.3) is 0 Å². The molecule has 5 heteroatoms. The Bertz CT molecular complexity index is 234. The zero-order valence-corrected chi connectivity index (χ0v) is 6.70. The van der Waals surface area contributed by atoms with E-state index in [2.05, 4.69) is 4.74 Å². The molecule has 0 spiro atoms. The van der Waals surface area contributed by atoms with E-state index in [-0.39, 0.29) is 12.8 Å². The van der Waals surface area contributed by atoms with E-state index >= 15 is 0 Å². The molecule has 0 rings (SSSR count). The van der Waals surface area contributed by atoms with Gasteiger partial charge in [0.15, 0.2) is 0 Å². The lowest BCUT2D eigenvalue weighted by atomic mass is 10.4. The van der Waals surface area contributed by atoms with Crippen molar-refractivity contribution in [2.75, 3.05) is 6.67 Å². The maximum atomic E-state index is 11.5. The quantitative estimate of drug-likeness (QED) is 0.383. The van der Waals surface area contributed by atoms with Crippen molar-refractivity contribution < 1.29 is 23.1 Å². The summed E-state index contributed by atoms with van der Waals surface area (Å²) in [5, 5.41) is 0. The van der Waals surface area contributed by atoms with E-state index in [1.807, 2.05) is 0 Å². The lowest BCUT2D eigenvalue weighted by molar-refractivity contribution is -0.155. The molecule has 0 saturated carbocycles. The van der Waals surface area contributed by atoms with E-state index in [9.17, 15) is 18.4 Å². The second kappa shape index (κ2) is 7.15. The van der Waals surface area contributed by atoms with Gasteiger partial charge in [-0.05, 0) is 12.2 Å². The molecule has 0 aromatic carbocycles. The number of carbonyl (C=O) groups excluding carboxylic acids is 2. The highest BCUT2D eigenvalue weighted by molar-refractivity contribution is 5.92. The maximum Gasteiger partial charge on any atom is 0.338 e. The van der Waals surface area contributed by atoms with Crippen LogP contribution >= 0.6 is 0 Å². The average Bonchev–Trinajstić information content (AvgIpc) is 2.11. The highest BCUT2D eigenvalue weighted by Gasteiger charge is 2.04. The molecule has 0 aromatic rings. The summed E-state index contributed by atoms with van der Waals surface area (Å²) in [5.41, 5.74) is 0. The zero-order chi connectivity index (χ0) is 10.1. The van der Waals surface area contributed by atoms with Gasteiger partial charge in [-0.1, -0.05) is 0 Å². The number of rotatable bonds is 4. The van der Waals surface area contributed by atoms with Crippen LogP contribution in [0.4, 0.5) is 8.78 Å². The summed E-state index contributed by atoms with van der Waals surface area (Å²) < 4.78 is 26.9. The highest BCUT2D eigenvalue weighted by atomic mass is 19.1. The van der Waals surface area contributed by atoms with E-state index in [0.717, 1.165) is 18.2 Å². The summed E-state index contributed by atoms with van der Waals surface area (Å²) in [6, 6.07) is 0. The Morgan fingerprint density at radius 2 is 2.00 bits per heavy atom. The first-order chi connectivity index (χ1) is 6.20. The average molecular weight is 190 g/mol. The molecule has 0 aromatic heterocycles. The molecule has 0 saturated heterocycles. The Kier molecular flexibility index (Phi) is 6.31. The minimum Gasteiger partial charge on any atom is -0.390 e. The number of allylic oxidation sites excluding steroid dienone is 1. The van der Waals surface area contributed by atoms with Crippen LogP contribution in [0.1, 0.15) is 6.42 Å². The molecule has 0 bridgehead atoms. The molecule has 0 N–H and O–H groups in total. The number of alkyl halides is 1. The van der Waals surface area contributed by atoms with E-state index < -0.39 is 18.6 Å². The summed E-state index contributed by atoms with van der Waals surface area (Å²) in [7, 11) is 0. The van der Waals surface area contributed by atoms with Crippen LogP contribution in [0.15, 0.2) is 24.6 Å². The van der Waals surface area contributed by atoms with Crippen LogP contribution in [0.5, 0.6) is 0 Å². The fraction of sp³-hybridized carbons (Fsp3) is 0.250. The van der Waals surface area contributed by atoms with Crippen molar-refractivity contribution in [1.82, 2.24) is 0 Å². The second-order valence-electron chi connectivity index (χ2n) is 1.92. The number of esters is 2. The Labute approximate surface area is 73.7 Å². The van der Waals surface area contributed by atoms with Gasteiger partial charge in [0.1, 0.15) is 6.67 Å². The molecule has 0 unspecified atom stereocenters. The first kappa shape index (κ1) is 11.5. The third-order valence-corrected chi connectivity index (χ3v) is 0.931. The van der Waals surface area contributed by atoms with Gasteiger partial charge >= 0.3 is 11.9 Å². The topological polar surface area (TPSA) is 43.4 Å². The molecule has 0 aliphatic carbocycles. The number of hydrogen-bond donors (Lipinski definition) is 0. The Morgan fingerprint density at radius 1 is 1.31 bits per heavy atom. The summed E-state index contributed by atoms with van der Waals surface area (Å²) in [6.45, 7) is -0.812. The summed E-state index contributed by atoms with van der Waals surface area (Å²) in [5.74, 6) is -1.85. The van der Waals surface area contributed by atoms with Crippen LogP contribution in [-0.2, 0) is 14.3 Å². The first-order valence-electron chi connectivity index (χ1n) is 3.43. The smallest absolute Gasteiger partial charge is 0.338 e. The van der Waals surface area contributed by atoms with Gasteiger partial charge < -0.3 is 4.74 Å². The molecule has 0 amide bonds. The predicted molar refractivity (Wildman–Crippen MR) is 41.1 cm³/mol. The third-order valence-electron chi connectivity index (χ3n) is 0.931. The molecule has 13 heavy (non-hydrogen) atoms. The van der Waals surface area contributed by atoms with Crippen molar-refractivity contribution in [3.05, 3.63) is 24.6 Å². The maximum absolute atomic E-state index is 11.5. The van der Waals surface area contributed by atoms with Crippen molar-refractivity contribution >= 4 is 11.9 Å². The summed E-state index contributed by atoms with van der Waals surface area (Å²) >= 11 is 0. The van der Waals surface area contributed by atoms with Crippen molar-refractivity contribution in [1.29, 1.82) is 0 Å². The lowest BCUT2D eigenvalue weighted by Crippen LogP contribution is -2.08. The largest absolute Gasteiger partial charge is 0.390 e. The van der Waals surface area contributed by atoms with Crippen LogP contribution in [0.3, 0.4) is 0 Å². The van der Waals surface area contributed by atoms with Crippen molar-refractivity contribution in [3.8, 4) is 0 Å². The third kappa shape index (κ3) is 6.86. The second-order valence-corrected chi connectivity index (χ2v) is 1.92. The van der Waals surface area contributed by atoms with Gasteiger partial charge in [-0.25, -0.2) is 13.6 Å². The van der Waals surface area contributed by atoms with E-state index in [0.29, 0.717) is 0 Å². The molecule has 0 atom stereocenters. The molecule has 3 nitrogen and oxygen atoms in total. The number of ether oxygens (including phenoxy) is 1.